The van der Waals surface area contributed by atoms with E-state index in [1.807, 2.05) is 0 Å². The first-order chi connectivity index (χ1) is 11.0. The number of nitrogens with zero attached hydrogens (tertiary/aromatic N) is 1. The van der Waals surface area contributed by atoms with E-state index in [1.54, 1.807) is 0 Å². The minimum absolute atomic E-state index is 0.362. The van der Waals surface area contributed by atoms with E-state index in [2.05, 4.69) is 6.92 Å². The Hall–Kier alpha value is -0.240. The van der Waals surface area contributed by atoms with Crippen LogP contribution in [0.3, 0.4) is 0 Å². The predicted octanol–water partition coefficient (Wildman–Crippen LogP) is 0.595. The summed E-state index contributed by atoms with van der Waals surface area (Å²) >= 11 is 0. The third-order valence-electron chi connectivity index (χ3n) is 4.87. The third-order valence-corrected chi connectivity index (χ3v) is 4.87. The zero-order valence-corrected chi connectivity index (χ0v) is 14.3. The van der Waals surface area contributed by atoms with Crippen LogP contribution < -0.4 is 0 Å². The molecule has 23 heavy (non-hydrogen) atoms. The summed E-state index contributed by atoms with van der Waals surface area (Å²) in [5, 5.41) is 48.8. The van der Waals surface area contributed by atoms with Gasteiger partial charge in [0.25, 0.3) is 0 Å². The molecular formula is C17H35NO5. The van der Waals surface area contributed by atoms with Crippen molar-refractivity contribution in [3.63, 3.8) is 0 Å². The Kier molecular flexibility index (Phi) is 10.3. The minimum Gasteiger partial charge on any atom is -0.395 e. The topological polar surface area (TPSA) is 104 Å². The number of aliphatic hydroxyl groups is 5. The Morgan fingerprint density at radius 2 is 1.22 bits per heavy atom. The summed E-state index contributed by atoms with van der Waals surface area (Å²) in [5.41, 5.74) is 0. The van der Waals surface area contributed by atoms with Gasteiger partial charge in [0.1, 0.15) is 24.5 Å². The molecular weight excluding hydrogens is 298 g/mol. The van der Waals surface area contributed by atoms with Gasteiger partial charge in [0, 0.05) is 6.54 Å². The average Bonchev–Trinajstić information content (AvgIpc) is 2.55. The smallest absolute Gasteiger partial charge is 0.136 e. The maximum Gasteiger partial charge on any atom is 0.136 e. The molecule has 0 spiro atoms. The van der Waals surface area contributed by atoms with Gasteiger partial charge in [-0.3, -0.25) is 4.90 Å². The van der Waals surface area contributed by atoms with Crippen molar-refractivity contribution in [1.29, 1.82) is 0 Å². The lowest BCUT2D eigenvalue weighted by Crippen LogP contribution is -2.67. The molecule has 0 aromatic heterocycles. The van der Waals surface area contributed by atoms with Crippen molar-refractivity contribution in [3.8, 4) is 0 Å². The number of aliphatic hydroxyl groups excluding tert-OH is 5. The van der Waals surface area contributed by atoms with E-state index in [0.29, 0.717) is 6.54 Å². The summed E-state index contributed by atoms with van der Waals surface area (Å²) < 4.78 is 0. The van der Waals surface area contributed by atoms with Gasteiger partial charge in [0.15, 0.2) is 0 Å². The van der Waals surface area contributed by atoms with Gasteiger partial charge in [-0.15, -0.1) is 0 Å². The van der Waals surface area contributed by atoms with Crippen molar-refractivity contribution in [1.82, 2.24) is 4.90 Å². The molecule has 1 unspecified atom stereocenters. The van der Waals surface area contributed by atoms with E-state index in [9.17, 15) is 25.5 Å². The lowest BCUT2D eigenvalue weighted by molar-refractivity contribution is -0.222. The largest absolute Gasteiger partial charge is 0.395 e. The predicted molar refractivity (Wildman–Crippen MR) is 88.8 cm³/mol. The summed E-state index contributed by atoms with van der Waals surface area (Å²) in [6.45, 7) is 2.34. The molecule has 5 N–H and O–H groups in total. The van der Waals surface area contributed by atoms with Crippen LogP contribution in [0.5, 0.6) is 0 Å². The van der Waals surface area contributed by atoms with E-state index >= 15 is 0 Å². The second-order valence-corrected chi connectivity index (χ2v) is 6.70. The molecule has 0 aromatic rings. The Balaban J connectivity index is 2.24. The number of unbranched alkanes of at least 4 members (excludes halogenated alkanes) is 8. The van der Waals surface area contributed by atoms with Crippen molar-refractivity contribution in [3.05, 3.63) is 0 Å². The Bertz CT molecular complexity index is 305. The number of likely N-dealkylation sites (tertiary alicyclic amines) is 1. The molecule has 1 fully saturated rings. The second kappa shape index (κ2) is 11.3. The summed E-state index contributed by atoms with van der Waals surface area (Å²) in [5.74, 6) is 0. The fraction of sp³-hybridized carbons (Fsp3) is 1.00. The fourth-order valence-electron chi connectivity index (χ4n) is 3.31. The number of rotatable bonds is 11. The van der Waals surface area contributed by atoms with Gasteiger partial charge in [-0.25, -0.2) is 0 Å². The van der Waals surface area contributed by atoms with Crippen LogP contribution in [0.4, 0.5) is 0 Å². The lowest BCUT2D eigenvalue weighted by Gasteiger charge is -2.46. The normalized spacial score (nSPS) is 32.3. The molecule has 0 saturated carbocycles. The van der Waals surface area contributed by atoms with Crippen LogP contribution in [0.15, 0.2) is 0 Å². The summed E-state index contributed by atoms with van der Waals surface area (Å²) in [7, 11) is 0. The molecule has 0 bridgehead atoms. The summed E-state index contributed by atoms with van der Waals surface area (Å²) in [4.78, 5) is 1.50. The quantitative estimate of drug-likeness (QED) is 0.355. The highest BCUT2D eigenvalue weighted by atomic mass is 16.4. The maximum absolute atomic E-state index is 10.0. The SMILES string of the molecule is CCCCCCCCCCCN1C(O)[C@H](O)[C@@H](O)[C@H](O)[C@H]1CO. The van der Waals surface area contributed by atoms with Gasteiger partial charge in [0.2, 0.25) is 0 Å². The second-order valence-electron chi connectivity index (χ2n) is 6.70. The fourth-order valence-corrected chi connectivity index (χ4v) is 3.31. The van der Waals surface area contributed by atoms with Crippen molar-refractivity contribution < 1.29 is 25.5 Å². The molecule has 6 heteroatoms. The standard InChI is InChI=1S/C17H35NO5/c1-2-3-4-5-6-7-8-9-10-11-18-13(12-19)14(20)15(21)16(22)17(18)23/h13-17,19-23H,2-12H2,1H3/t13-,14-,15+,16-,17?/m1/s1. The molecule has 1 aliphatic rings. The van der Waals surface area contributed by atoms with Crippen LogP contribution in [0.1, 0.15) is 64.7 Å². The number of hydrogen-bond donors (Lipinski definition) is 5. The average molecular weight is 333 g/mol. The van der Waals surface area contributed by atoms with Gasteiger partial charge in [-0.05, 0) is 6.42 Å². The van der Waals surface area contributed by atoms with Crippen LogP contribution in [0.25, 0.3) is 0 Å². The zero-order chi connectivity index (χ0) is 17.2. The molecule has 0 amide bonds. The van der Waals surface area contributed by atoms with Crippen LogP contribution in [-0.2, 0) is 0 Å². The molecule has 0 aromatic carbocycles. The van der Waals surface area contributed by atoms with E-state index in [4.69, 9.17) is 0 Å². The highest BCUT2D eigenvalue weighted by Crippen LogP contribution is 2.24. The molecule has 138 valence electrons. The molecule has 1 saturated heterocycles. The van der Waals surface area contributed by atoms with E-state index in [0.717, 1.165) is 19.3 Å². The third kappa shape index (κ3) is 6.29. The summed E-state index contributed by atoms with van der Waals surface area (Å²) in [6.07, 6.45) is 5.28. The maximum atomic E-state index is 10.0. The summed E-state index contributed by atoms with van der Waals surface area (Å²) in [6, 6.07) is -0.738. The highest BCUT2D eigenvalue weighted by Gasteiger charge is 2.46. The van der Waals surface area contributed by atoms with E-state index in [1.165, 1.54) is 43.4 Å². The first kappa shape index (κ1) is 20.8. The minimum atomic E-state index is -1.43. The molecule has 0 aliphatic carbocycles. The Labute approximate surface area is 139 Å². The van der Waals surface area contributed by atoms with Gasteiger partial charge in [-0.2, -0.15) is 0 Å². The van der Waals surface area contributed by atoms with Crippen molar-refractivity contribution in [2.75, 3.05) is 13.2 Å². The Morgan fingerprint density at radius 1 is 0.696 bits per heavy atom. The zero-order valence-electron chi connectivity index (χ0n) is 14.3. The van der Waals surface area contributed by atoms with Crippen LogP contribution in [0.2, 0.25) is 0 Å². The lowest BCUT2D eigenvalue weighted by atomic mass is 9.92. The molecule has 1 rings (SSSR count). The van der Waals surface area contributed by atoms with Crippen LogP contribution in [0, 0.1) is 0 Å². The molecule has 1 heterocycles. The number of hydrogen-bond acceptors (Lipinski definition) is 6. The van der Waals surface area contributed by atoms with E-state index < -0.39 is 30.6 Å². The van der Waals surface area contributed by atoms with Gasteiger partial charge < -0.3 is 25.5 Å². The van der Waals surface area contributed by atoms with Crippen LogP contribution >= 0.6 is 0 Å². The molecule has 0 radical (unpaired) electrons. The van der Waals surface area contributed by atoms with Crippen molar-refractivity contribution in [2.45, 2.75) is 95.3 Å². The highest BCUT2D eigenvalue weighted by molar-refractivity contribution is 4.96. The van der Waals surface area contributed by atoms with Gasteiger partial charge >= 0.3 is 0 Å². The van der Waals surface area contributed by atoms with Gasteiger partial charge in [0.05, 0.1) is 12.6 Å². The number of piperidine rings is 1. The Morgan fingerprint density at radius 3 is 1.74 bits per heavy atom. The first-order valence-corrected chi connectivity index (χ1v) is 9.13. The van der Waals surface area contributed by atoms with Gasteiger partial charge in [-0.1, -0.05) is 58.3 Å². The van der Waals surface area contributed by atoms with E-state index in [-0.39, 0.29) is 6.61 Å². The van der Waals surface area contributed by atoms with Crippen molar-refractivity contribution >= 4 is 0 Å². The molecule has 5 atom stereocenters. The van der Waals surface area contributed by atoms with Crippen LogP contribution in [-0.4, -0.2) is 74.2 Å². The molecule has 1 aliphatic heterocycles. The molecule has 6 nitrogen and oxygen atoms in total. The monoisotopic (exact) mass is 333 g/mol. The first-order valence-electron chi connectivity index (χ1n) is 9.13. The van der Waals surface area contributed by atoms with Crippen molar-refractivity contribution in [2.24, 2.45) is 0 Å².